The van der Waals surface area contributed by atoms with E-state index >= 15 is 0 Å². The largest absolute Gasteiger partial charge is 0.492 e. The van der Waals surface area contributed by atoms with Gasteiger partial charge < -0.3 is 43.6 Å². The fourth-order valence-electron chi connectivity index (χ4n) is 7.12. The van der Waals surface area contributed by atoms with Crippen molar-refractivity contribution in [1.29, 1.82) is 0 Å². The number of ether oxygens (including phenoxy) is 5. The zero-order valence-corrected chi connectivity index (χ0v) is 45.9. The average Bonchev–Trinajstić information content (AvgIpc) is 3.81. The molecule has 2 aliphatic heterocycles. The molecule has 11 nitrogen and oxygen atoms in total. The summed E-state index contributed by atoms with van der Waals surface area (Å²) in [5, 5.41) is 32.2. The van der Waals surface area contributed by atoms with E-state index in [1.54, 1.807) is 12.1 Å². The predicted octanol–water partition coefficient (Wildman–Crippen LogP) is 5.08. The molecule has 2 saturated heterocycles. The number of fused-ring (bicyclic) bond motifs is 1. The van der Waals surface area contributed by atoms with E-state index in [0.717, 1.165) is 77.1 Å². The van der Waals surface area contributed by atoms with E-state index in [1.165, 1.54) is 12.8 Å². The Morgan fingerprint density at radius 2 is 1.43 bits per heavy atom. The summed E-state index contributed by atoms with van der Waals surface area (Å²) in [4.78, 5) is 14.6. The van der Waals surface area contributed by atoms with E-state index in [2.05, 4.69) is 45.4 Å². The van der Waals surface area contributed by atoms with Gasteiger partial charge >= 0.3 is 5.97 Å². The maximum atomic E-state index is 12.2. The third kappa shape index (κ3) is 11.6. The van der Waals surface area contributed by atoms with Crippen LogP contribution in [-0.2, 0) is 27.4 Å². The molecule has 3 heterocycles. The molecule has 5 aromatic rings. The van der Waals surface area contributed by atoms with Gasteiger partial charge in [0.05, 0.1) is 12.8 Å². The molecular formula is C42H46Ac3N2O9. The second-order valence-corrected chi connectivity index (χ2v) is 13.6. The standard InChI is InChI=1S/C42H46N2O9.3Ac/c1-27-34-24-33(51-26-29-8-4-3-5-9-29)18-19-35(34)44(25-28-10-14-31(15-11-28)50-23-22-43-20-6-7-21-43)36(27)30-12-16-32(17-13-30)52-42-39(47)37(45)38(46)40(53-42)41(48)49-2;;;/h3-5,8-19,24,37-40,42,45-47H,6-7,20-23,25-26H2,1-2H3;;;/t37-,38-,39+,40-,42+;;;/m0.../s1. The molecule has 4 aromatic carbocycles. The maximum absolute atomic E-state index is 12.2. The van der Waals surface area contributed by atoms with Gasteiger partial charge in [0.2, 0.25) is 6.29 Å². The van der Waals surface area contributed by atoms with Crippen LogP contribution >= 0.6 is 0 Å². The van der Waals surface area contributed by atoms with Crippen LogP contribution in [0, 0.1) is 139 Å². The molecule has 0 aliphatic carbocycles. The Morgan fingerprint density at radius 3 is 2.11 bits per heavy atom. The van der Waals surface area contributed by atoms with E-state index in [9.17, 15) is 20.1 Å². The van der Waals surface area contributed by atoms with Crippen molar-refractivity contribution in [1.82, 2.24) is 9.47 Å². The van der Waals surface area contributed by atoms with E-state index in [0.29, 0.717) is 25.5 Å². The second-order valence-electron chi connectivity index (χ2n) is 13.6. The van der Waals surface area contributed by atoms with Gasteiger partial charge in [-0.1, -0.05) is 42.5 Å². The topological polar surface area (TPSA) is 132 Å². The van der Waals surface area contributed by atoms with Gasteiger partial charge in [-0.3, -0.25) is 4.90 Å². The molecule has 56 heavy (non-hydrogen) atoms. The van der Waals surface area contributed by atoms with Crippen LogP contribution in [0.4, 0.5) is 0 Å². The number of aryl methyl sites for hydroxylation is 1. The number of nitrogens with zero attached hydrogens (tertiary/aromatic N) is 2. The van der Waals surface area contributed by atoms with Crippen molar-refractivity contribution >= 4 is 16.9 Å². The predicted molar refractivity (Wildman–Crippen MR) is 199 cm³/mol. The molecule has 2 aliphatic rings. The summed E-state index contributed by atoms with van der Waals surface area (Å²) in [6.45, 7) is 7.07. The Bertz CT molecular complexity index is 1990. The summed E-state index contributed by atoms with van der Waals surface area (Å²) in [5.41, 5.74) is 6.26. The number of carbonyl (C=O) groups is 1. The maximum Gasteiger partial charge on any atom is 0.337 e. The minimum atomic E-state index is -1.67. The molecule has 3 radical (unpaired) electrons. The SMILES string of the molecule is COC(=O)[C@H]1O[C@@H](Oc2ccc(-c3c(C)c4cc(OCc5ccccc5)ccc4n3Cc3ccc(OCCN4CCCC4)cc3)cc2)[C@H](O)[C@@H](O)[C@@H]1O.[Ac].[Ac].[Ac]. The Labute approximate surface area is 435 Å². The molecule has 2 fully saturated rings. The first kappa shape index (κ1) is 48.1. The number of likely N-dealkylation sites (tertiary alicyclic amines) is 1. The number of aromatic nitrogens is 1. The molecule has 287 valence electrons. The van der Waals surface area contributed by atoms with Crippen molar-refractivity contribution in [2.45, 2.75) is 63.6 Å². The molecule has 7 rings (SSSR count). The third-order valence-electron chi connectivity index (χ3n) is 10.1. The fraction of sp³-hybridized carbons (Fsp3) is 0.357. The number of hydrogen-bond donors (Lipinski definition) is 3. The summed E-state index contributed by atoms with van der Waals surface area (Å²) in [7, 11) is 1.14. The van der Waals surface area contributed by atoms with Crippen LogP contribution in [0.5, 0.6) is 17.2 Å². The monoisotopic (exact) mass is 1400 g/mol. The van der Waals surface area contributed by atoms with E-state index < -0.39 is 36.7 Å². The Kier molecular flexibility index (Phi) is 19.6. The van der Waals surface area contributed by atoms with Crippen molar-refractivity contribution in [3.63, 3.8) is 0 Å². The second kappa shape index (κ2) is 22.9. The summed E-state index contributed by atoms with van der Waals surface area (Å²) in [6, 6.07) is 31.8. The molecular weight excluding hydrogens is 1360 g/mol. The number of hydrogen-bond acceptors (Lipinski definition) is 10. The minimum absolute atomic E-state index is 0. The van der Waals surface area contributed by atoms with Crippen molar-refractivity contribution in [2.24, 2.45) is 0 Å². The van der Waals surface area contributed by atoms with Crippen LogP contribution in [0.2, 0.25) is 0 Å². The molecule has 0 unspecified atom stereocenters. The molecule has 0 spiro atoms. The average molecular weight is 1400 g/mol. The first-order valence-electron chi connectivity index (χ1n) is 18.1. The first-order chi connectivity index (χ1) is 25.8. The Morgan fingerprint density at radius 1 is 0.768 bits per heavy atom. The van der Waals surface area contributed by atoms with Gasteiger partial charge in [0.15, 0.2) is 6.10 Å². The number of carbonyl (C=O) groups excluding carboxylic acids is 1. The minimum Gasteiger partial charge on any atom is -0.492 e. The van der Waals surface area contributed by atoms with Crippen molar-refractivity contribution in [2.75, 3.05) is 33.4 Å². The van der Waals surface area contributed by atoms with Crippen LogP contribution in [0.15, 0.2) is 97.1 Å². The number of aliphatic hydroxyl groups excluding tert-OH is 3. The van der Waals surface area contributed by atoms with Crippen LogP contribution in [0.1, 0.15) is 29.5 Å². The van der Waals surface area contributed by atoms with Gasteiger partial charge in [-0.05, 0) is 110 Å². The Balaban J connectivity index is 0.00000232. The molecule has 1 aromatic heterocycles. The fourth-order valence-corrected chi connectivity index (χ4v) is 7.12. The number of benzene rings is 4. The number of esters is 1. The number of aliphatic hydroxyl groups is 3. The van der Waals surface area contributed by atoms with Gasteiger partial charge in [-0.2, -0.15) is 0 Å². The summed E-state index contributed by atoms with van der Waals surface area (Å²) in [5.74, 6) is 1.08. The zero-order valence-electron chi connectivity index (χ0n) is 31.7. The van der Waals surface area contributed by atoms with Gasteiger partial charge in [0.25, 0.3) is 0 Å². The summed E-state index contributed by atoms with van der Waals surface area (Å²) < 4.78 is 30.7. The van der Waals surface area contributed by atoms with Crippen LogP contribution < -0.4 is 14.2 Å². The van der Waals surface area contributed by atoms with E-state index in [1.807, 2.05) is 60.7 Å². The van der Waals surface area contributed by atoms with Gasteiger partial charge in [0.1, 0.15) is 48.8 Å². The van der Waals surface area contributed by atoms with Crippen LogP contribution in [-0.4, -0.2) is 94.8 Å². The third-order valence-corrected chi connectivity index (χ3v) is 10.1. The van der Waals surface area contributed by atoms with Crippen molar-refractivity contribution in [3.8, 4) is 28.5 Å². The normalized spacial score (nSPS) is 20.6. The van der Waals surface area contributed by atoms with Gasteiger partial charge in [0, 0.05) is 156 Å². The van der Waals surface area contributed by atoms with Crippen LogP contribution in [0.3, 0.4) is 0 Å². The summed E-state index contributed by atoms with van der Waals surface area (Å²) in [6.07, 6.45) is -5.35. The Hall–Kier alpha value is -0.585. The molecule has 0 amide bonds. The molecule has 0 saturated carbocycles. The van der Waals surface area contributed by atoms with Crippen LogP contribution in [0.25, 0.3) is 22.2 Å². The number of methoxy groups -OCH3 is 1. The smallest absolute Gasteiger partial charge is 0.337 e. The van der Waals surface area contributed by atoms with Crippen molar-refractivity contribution < 1.29 is 176 Å². The van der Waals surface area contributed by atoms with Gasteiger partial charge in [-0.15, -0.1) is 0 Å². The van der Waals surface area contributed by atoms with Crippen molar-refractivity contribution in [3.05, 3.63) is 114 Å². The zero-order chi connectivity index (χ0) is 36.9. The summed E-state index contributed by atoms with van der Waals surface area (Å²) >= 11 is 0. The van der Waals surface area contributed by atoms with Gasteiger partial charge in [-0.25, -0.2) is 4.79 Å². The van der Waals surface area contributed by atoms with E-state index in [-0.39, 0.29) is 132 Å². The first-order valence-corrected chi connectivity index (χ1v) is 18.1. The number of rotatable bonds is 13. The molecule has 0 bridgehead atoms. The van der Waals surface area contributed by atoms with E-state index in [4.69, 9.17) is 18.9 Å². The molecule has 14 heteroatoms. The molecule has 5 atom stereocenters. The quantitative estimate of drug-likeness (QED) is 0.137. The molecule has 3 N–H and O–H groups in total.